The predicted octanol–water partition coefficient (Wildman–Crippen LogP) is 2.68. The molecular formula is C16H17BrN2O3S. The lowest BCUT2D eigenvalue weighted by Gasteiger charge is -2.22. The zero-order valence-electron chi connectivity index (χ0n) is 12.5. The molecule has 0 bridgehead atoms. The smallest absolute Gasteiger partial charge is 0.289 e. The van der Waals surface area contributed by atoms with Gasteiger partial charge in [-0.05, 0) is 30.5 Å². The van der Waals surface area contributed by atoms with E-state index in [0.29, 0.717) is 32.4 Å². The van der Waals surface area contributed by atoms with Gasteiger partial charge in [0, 0.05) is 24.0 Å². The SMILES string of the molecule is O=C(CCc1ccc(Br)cc1)N1CCC(N2C(=O)CSC2=O)C1. The van der Waals surface area contributed by atoms with Gasteiger partial charge in [-0.25, -0.2) is 0 Å². The van der Waals surface area contributed by atoms with E-state index in [4.69, 9.17) is 0 Å². The van der Waals surface area contributed by atoms with Crippen molar-refractivity contribution in [2.75, 3.05) is 18.8 Å². The molecule has 0 aliphatic carbocycles. The lowest BCUT2D eigenvalue weighted by Crippen LogP contribution is -2.41. The Balaban J connectivity index is 1.52. The highest BCUT2D eigenvalue weighted by molar-refractivity contribution is 9.10. The summed E-state index contributed by atoms with van der Waals surface area (Å²) in [5.74, 6) is 0.184. The zero-order valence-corrected chi connectivity index (χ0v) is 14.9. The van der Waals surface area contributed by atoms with E-state index in [2.05, 4.69) is 15.9 Å². The Morgan fingerprint density at radius 1 is 1.26 bits per heavy atom. The molecule has 1 aromatic rings. The van der Waals surface area contributed by atoms with Crippen molar-refractivity contribution in [3.05, 3.63) is 34.3 Å². The van der Waals surface area contributed by atoms with Gasteiger partial charge in [-0.2, -0.15) is 0 Å². The number of rotatable bonds is 4. The van der Waals surface area contributed by atoms with Crippen LogP contribution in [0.2, 0.25) is 0 Å². The highest BCUT2D eigenvalue weighted by atomic mass is 79.9. The lowest BCUT2D eigenvalue weighted by atomic mass is 10.1. The summed E-state index contributed by atoms with van der Waals surface area (Å²) in [5.41, 5.74) is 1.12. The second kappa shape index (κ2) is 7.05. The highest BCUT2D eigenvalue weighted by Crippen LogP contribution is 2.26. The summed E-state index contributed by atoms with van der Waals surface area (Å²) in [6.45, 7) is 1.09. The topological polar surface area (TPSA) is 57.7 Å². The first-order valence-corrected chi connectivity index (χ1v) is 9.33. The van der Waals surface area contributed by atoms with Gasteiger partial charge in [0.2, 0.25) is 11.8 Å². The standard InChI is InChI=1S/C16H17BrN2O3S/c17-12-4-1-11(2-5-12)3-6-14(20)18-8-7-13(9-18)19-15(21)10-23-16(19)22/h1-2,4-5,13H,3,6-10H2. The molecule has 0 spiro atoms. The molecule has 0 aromatic heterocycles. The van der Waals surface area contributed by atoms with Crippen LogP contribution in [-0.4, -0.2) is 51.7 Å². The number of benzene rings is 1. The largest absolute Gasteiger partial charge is 0.341 e. The van der Waals surface area contributed by atoms with Gasteiger partial charge in [0.1, 0.15) is 0 Å². The number of imide groups is 1. The summed E-state index contributed by atoms with van der Waals surface area (Å²) < 4.78 is 1.02. The Hall–Kier alpha value is -1.34. The number of amides is 3. The number of hydrogen-bond donors (Lipinski definition) is 0. The molecule has 5 nitrogen and oxygen atoms in total. The summed E-state index contributed by atoms with van der Waals surface area (Å²) >= 11 is 4.44. The molecule has 2 aliphatic heterocycles. The number of aryl methyl sites for hydroxylation is 1. The molecule has 7 heteroatoms. The Bertz CT molecular complexity index is 619. The van der Waals surface area contributed by atoms with Crippen LogP contribution in [-0.2, 0) is 16.0 Å². The van der Waals surface area contributed by atoms with Gasteiger partial charge in [-0.15, -0.1) is 0 Å². The molecule has 1 unspecified atom stereocenters. The molecule has 3 rings (SSSR count). The van der Waals surface area contributed by atoms with Crippen molar-refractivity contribution < 1.29 is 14.4 Å². The van der Waals surface area contributed by atoms with Gasteiger partial charge >= 0.3 is 0 Å². The van der Waals surface area contributed by atoms with E-state index in [1.165, 1.54) is 4.90 Å². The molecule has 1 atom stereocenters. The zero-order chi connectivity index (χ0) is 16.4. The molecule has 2 heterocycles. The number of carbonyl (C=O) groups excluding carboxylic acids is 3. The third kappa shape index (κ3) is 3.77. The highest BCUT2D eigenvalue weighted by Gasteiger charge is 2.39. The van der Waals surface area contributed by atoms with Crippen LogP contribution in [0.4, 0.5) is 4.79 Å². The van der Waals surface area contributed by atoms with Gasteiger partial charge in [0.25, 0.3) is 5.24 Å². The van der Waals surface area contributed by atoms with Gasteiger partial charge in [0.15, 0.2) is 0 Å². The van der Waals surface area contributed by atoms with E-state index in [9.17, 15) is 14.4 Å². The Morgan fingerprint density at radius 2 is 2.00 bits per heavy atom. The van der Waals surface area contributed by atoms with Crippen LogP contribution < -0.4 is 0 Å². The fourth-order valence-corrected chi connectivity index (χ4v) is 4.00. The number of halogens is 1. The van der Waals surface area contributed by atoms with E-state index in [-0.39, 0.29) is 28.8 Å². The van der Waals surface area contributed by atoms with Crippen LogP contribution in [0.3, 0.4) is 0 Å². The normalized spacial score (nSPS) is 21.3. The van der Waals surface area contributed by atoms with E-state index >= 15 is 0 Å². The van der Waals surface area contributed by atoms with Crippen molar-refractivity contribution in [2.45, 2.75) is 25.3 Å². The van der Waals surface area contributed by atoms with Gasteiger partial charge in [0.05, 0.1) is 11.8 Å². The van der Waals surface area contributed by atoms with Crippen molar-refractivity contribution in [3.8, 4) is 0 Å². The molecule has 1 aromatic carbocycles. The van der Waals surface area contributed by atoms with Crippen LogP contribution in [0.15, 0.2) is 28.7 Å². The van der Waals surface area contributed by atoms with E-state index in [0.717, 1.165) is 21.8 Å². The van der Waals surface area contributed by atoms with Gasteiger partial charge in [-0.3, -0.25) is 19.3 Å². The summed E-state index contributed by atoms with van der Waals surface area (Å²) in [6.07, 6.45) is 1.83. The van der Waals surface area contributed by atoms with E-state index in [1.807, 2.05) is 24.3 Å². The minimum atomic E-state index is -0.177. The van der Waals surface area contributed by atoms with Gasteiger partial charge in [-0.1, -0.05) is 39.8 Å². The fraction of sp³-hybridized carbons (Fsp3) is 0.438. The number of hydrogen-bond acceptors (Lipinski definition) is 4. The Kier molecular flexibility index (Phi) is 5.06. The Morgan fingerprint density at radius 3 is 2.65 bits per heavy atom. The molecule has 0 radical (unpaired) electrons. The molecule has 0 saturated carbocycles. The molecule has 23 heavy (non-hydrogen) atoms. The summed E-state index contributed by atoms with van der Waals surface area (Å²) in [4.78, 5) is 39.0. The Labute approximate surface area is 147 Å². The van der Waals surface area contributed by atoms with Crippen molar-refractivity contribution in [2.24, 2.45) is 0 Å². The summed E-state index contributed by atoms with van der Waals surface area (Å²) in [5, 5.41) is -0.177. The minimum absolute atomic E-state index is 0.0853. The van der Waals surface area contributed by atoms with Crippen LogP contribution in [0.5, 0.6) is 0 Å². The number of carbonyl (C=O) groups is 3. The molecule has 2 fully saturated rings. The third-order valence-corrected chi connectivity index (χ3v) is 5.57. The summed E-state index contributed by atoms with van der Waals surface area (Å²) in [7, 11) is 0. The maximum Gasteiger partial charge on any atom is 0.289 e. The average molecular weight is 397 g/mol. The summed E-state index contributed by atoms with van der Waals surface area (Å²) in [6, 6.07) is 7.79. The van der Waals surface area contributed by atoms with Crippen molar-refractivity contribution >= 4 is 44.7 Å². The molecule has 0 N–H and O–H groups in total. The van der Waals surface area contributed by atoms with Crippen molar-refractivity contribution in [1.82, 2.24) is 9.80 Å². The van der Waals surface area contributed by atoms with Crippen LogP contribution in [0, 0.1) is 0 Å². The van der Waals surface area contributed by atoms with Crippen molar-refractivity contribution in [3.63, 3.8) is 0 Å². The molecule has 122 valence electrons. The molecule has 2 aliphatic rings. The van der Waals surface area contributed by atoms with Gasteiger partial charge < -0.3 is 4.90 Å². The lowest BCUT2D eigenvalue weighted by molar-refractivity contribution is -0.131. The van der Waals surface area contributed by atoms with Crippen LogP contribution >= 0.6 is 27.7 Å². The first kappa shape index (κ1) is 16.5. The second-order valence-electron chi connectivity index (χ2n) is 5.73. The van der Waals surface area contributed by atoms with Crippen molar-refractivity contribution in [1.29, 1.82) is 0 Å². The number of likely N-dealkylation sites (tertiary alicyclic amines) is 1. The molecular weight excluding hydrogens is 380 g/mol. The maximum absolute atomic E-state index is 12.3. The molecule has 2 saturated heterocycles. The van der Waals surface area contributed by atoms with Crippen LogP contribution in [0.1, 0.15) is 18.4 Å². The first-order chi connectivity index (χ1) is 11.0. The quantitative estimate of drug-likeness (QED) is 0.784. The third-order valence-electron chi connectivity index (χ3n) is 4.21. The number of thioether (sulfide) groups is 1. The predicted molar refractivity (Wildman–Crippen MR) is 92.1 cm³/mol. The minimum Gasteiger partial charge on any atom is -0.341 e. The molecule has 3 amide bonds. The first-order valence-electron chi connectivity index (χ1n) is 7.55. The average Bonchev–Trinajstić information content (AvgIpc) is 3.13. The van der Waals surface area contributed by atoms with Crippen LogP contribution in [0.25, 0.3) is 0 Å². The second-order valence-corrected chi connectivity index (χ2v) is 7.57. The number of nitrogens with zero attached hydrogens (tertiary/aromatic N) is 2. The fourth-order valence-electron chi connectivity index (χ4n) is 2.96. The van der Waals surface area contributed by atoms with E-state index < -0.39 is 0 Å². The maximum atomic E-state index is 12.3. The van der Waals surface area contributed by atoms with E-state index in [1.54, 1.807) is 4.90 Å². The monoisotopic (exact) mass is 396 g/mol.